The quantitative estimate of drug-likeness (QED) is 0.418. The van der Waals surface area contributed by atoms with Gasteiger partial charge < -0.3 is 4.74 Å². The molecule has 3 aromatic carbocycles. The third-order valence-electron chi connectivity index (χ3n) is 4.27. The summed E-state index contributed by atoms with van der Waals surface area (Å²) in [5.74, 6) is -0.832. The molecule has 2 N–H and O–H groups in total. The van der Waals surface area contributed by atoms with Crippen molar-refractivity contribution in [1.82, 2.24) is 0 Å². The standard InChI is InChI=1S/C21H19BrN2O6S2/c1-30-21(25)16-4-2-15(3-5-16)14-31(26,27)23-18-10-12-20(13-11-18)32(28,29)24-19-8-6-17(22)7-9-19/h2-13,23-24H,14H2,1H3. The number of esters is 1. The van der Waals surface area contributed by atoms with Crippen LogP contribution in [-0.4, -0.2) is 29.9 Å². The minimum atomic E-state index is -3.83. The Kier molecular flexibility index (Phi) is 7.22. The van der Waals surface area contributed by atoms with Gasteiger partial charge in [-0.15, -0.1) is 0 Å². The third-order valence-corrected chi connectivity index (χ3v) is 7.45. The summed E-state index contributed by atoms with van der Waals surface area (Å²) in [6, 6.07) is 18.0. The zero-order valence-electron chi connectivity index (χ0n) is 16.8. The zero-order chi connectivity index (χ0) is 23.4. The molecule has 0 spiro atoms. The molecule has 0 fully saturated rings. The van der Waals surface area contributed by atoms with Gasteiger partial charge in [0, 0.05) is 15.8 Å². The topological polar surface area (TPSA) is 119 Å². The van der Waals surface area contributed by atoms with Gasteiger partial charge in [0.2, 0.25) is 10.0 Å². The highest BCUT2D eigenvalue weighted by atomic mass is 79.9. The fraction of sp³-hybridized carbons (Fsp3) is 0.0952. The van der Waals surface area contributed by atoms with Crippen LogP contribution in [0.1, 0.15) is 15.9 Å². The summed E-state index contributed by atoms with van der Waals surface area (Å²) in [5.41, 5.74) is 1.41. The molecule has 0 aromatic heterocycles. The minimum Gasteiger partial charge on any atom is -0.465 e. The van der Waals surface area contributed by atoms with Crippen molar-refractivity contribution in [1.29, 1.82) is 0 Å². The van der Waals surface area contributed by atoms with Gasteiger partial charge in [-0.1, -0.05) is 28.1 Å². The van der Waals surface area contributed by atoms with Crippen LogP contribution in [0.5, 0.6) is 0 Å². The number of benzene rings is 3. The van der Waals surface area contributed by atoms with Gasteiger partial charge in [0.1, 0.15) is 0 Å². The Bertz CT molecular complexity index is 1310. The maximum Gasteiger partial charge on any atom is 0.337 e. The first-order valence-corrected chi connectivity index (χ1v) is 13.1. The van der Waals surface area contributed by atoms with Gasteiger partial charge in [0.25, 0.3) is 10.0 Å². The van der Waals surface area contributed by atoms with Crippen molar-refractivity contribution < 1.29 is 26.4 Å². The SMILES string of the molecule is COC(=O)c1ccc(CS(=O)(=O)Nc2ccc(S(=O)(=O)Nc3ccc(Br)cc3)cc2)cc1. The van der Waals surface area contributed by atoms with Crippen LogP contribution in [0.2, 0.25) is 0 Å². The highest BCUT2D eigenvalue weighted by Gasteiger charge is 2.16. The first-order chi connectivity index (χ1) is 15.1. The summed E-state index contributed by atoms with van der Waals surface area (Å²) in [6.07, 6.45) is 0. The van der Waals surface area contributed by atoms with Crippen molar-refractivity contribution in [2.45, 2.75) is 10.6 Å². The van der Waals surface area contributed by atoms with E-state index >= 15 is 0 Å². The van der Waals surface area contributed by atoms with Gasteiger partial charge in [-0.2, -0.15) is 0 Å². The average molecular weight is 539 g/mol. The maximum absolute atomic E-state index is 12.5. The van der Waals surface area contributed by atoms with E-state index in [1.54, 1.807) is 24.3 Å². The lowest BCUT2D eigenvalue weighted by molar-refractivity contribution is 0.0600. The largest absolute Gasteiger partial charge is 0.465 e. The Morgan fingerprint density at radius 3 is 1.91 bits per heavy atom. The highest BCUT2D eigenvalue weighted by Crippen LogP contribution is 2.21. The molecule has 0 aliphatic heterocycles. The van der Waals surface area contributed by atoms with Gasteiger partial charge in [-0.25, -0.2) is 21.6 Å². The zero-order valence-corrected chi connectivity index (χ0v) is 20.0. The first kappa shape index (κ1) is 23.8. The predicted octanol–water partition coefficient (Wildman–Crippen LogP) is 3.98. The molecule has 0 bridgehead atoms. The molecule has 3 aromatic rings. The number of hydrogen-bond acceptors (Lipinski definition) is 6. The number of halogens is 1. The number of carbonyl (C=O) groups is 1. The van der Waals surface area contributed by atoms with E-state index in [4.69, 9.17) is 0 Å². The number of anilines is 2. The van der Waals surface area contributed by atoms with Gasteiger partial charge in [0.15, 0.2) is 0 Å². The molecule has 0 aliphatic rings. The Morgan fingerprint density at radius 2 is 1.34 bits per heavy atom. The van der Waals surface area contributed by atoms with Crippen LogP contribution in [-0.2, 0) is 30.5 Å². The Morgan fingerprint density at radius 1 is 0.812 bits per heavy atom. The molecule has 0 amide bonds. The molecule has 0 heterocycles. The van der Waals surface area contributed by atoms with Crippen LogP contribution in [0.15, 0.2) is 82.2 Å². The van der Waals surface area contributed by atoms with E-state index in [0.29, 0.717) is 16.8 Å². The van der Waals surface area contributed by atoms with Crippen molar-refractivity contribution in [2.24, 2.45) is 0 Å². The van der Waals surface area contributed by atoms with E-state index in [0.717, 1.165) is 4.47 Å². The van der Waals surface area contributed by atoms with Crippen molar-refractivity contribution in [3.8, 4) is 0 Å². The Balaban J connectivity index is 1.67. The summed E-state index contributed by atoms with van der Waals surface area (Å²) >= 11 is 3.28. The molecule has 168 valence electrons. The van der Waals surface area contributed by atoms with Crippen molar-refractivity contribution >= 4 is 53.3 Å². The van der Waals surface area contributed by atoms with Gasteiger partial charge in [0.05, 0.1) is 23.3 Å². The second-order valence-corrected chi connectivity index (χ2v) is 11.0. The lowest BCUT2D eigenvalue weighted by atomic mass is 10.1. The fourth-order valence-corrected chi connectivity index (χ4v) is 5.25. The molecule has 0 aliphatic carbocycles. The first-order valence-electron chi connectivity index (χ1n) is 9.14. The summed E-state index contributed by atoms with van der Waals surface area (Å²) in [6.45, 7) is 0. The third kappa shape index (κ3) is 6.31. The average Bonchev–Trinajstić information content (AvgIpc) is 2.75. The number of carbonyl (C=O) groups excluding carboxylic acids is 1. The highest BCUT2D eigenvalue weighted by molar-refractivity contribution is 9.10. The van der Waals surface area contributed by atoms with Crippen LogP contribution >= 0.6 is 15.9 Å². The molecular weight excluding hydrogens is 520 g/mol. The number of nitrogens with one attached hydrogen (secondary N) is 2. The smallest absolute Gasteiger partial charge is 0.337 e. The monoisotopic (exact) mass is 538 g/mol. The lowest BCUT2D eigenvalue weighted by Gasteiger charge is -2.11. The molecule has 32 heavy (non-hydrogen) atoms. The second-order valence-electron chi connectivity index (χ2n) is 6.69. The van der Waals surface area contributed by atoms with Crippen LogP contribution in [0.3, 0.4) is 0 Å². The molecule has 0 saturated carbocycles. The number of methoxy groups -OCH3 is 1. The molecule has 3 rings (SSSR count). The van der Waals surface area contributed by atoms with Crippen molar-refractivity contribution in [2.75, 3.05) is 16.6 Å². The normalized spacial score (nSPS) is 11.6. The number of sulfonamides is 2. The fourth-order valence-electron chi connectivity index (χ4n) is 2.72. The van der Waals surface area contributed by atoms with E-state index in [9.17, 15) is 21.6 Å². The molecule has 0 radical (unpaired) electrons. The van der Waals surface area contributed by atoms with Gasteiger partial charge in [-0.05, 0) is 66.2 Å². The molecule has 0 unspecified atom stereocenters. The Hall–Kier alpha value is -2.89. The van der Waals surface area contributed by atoms with Crippen LogP contribution in [0.4, 0.5) is 11.4 Å². The van der Waals surface area contributed by atoms with Crippen LogP contribution < -0.4 is 9.44 Å². The molecular formula is C21H19BrN2O6S2. The molecule has 0 saturated heterocycles. The number of hydrogen-bond donors (Lipinski definition) is 2. The van der Waals surface area contributed by atoms with Gasteiger partial charge in [-0.3, -0.25) is 9.44 Å². The van der Waals surface area contributed by atoms with E-state index in [1.807, 2.05) is 0 Å². The predicted molar refractivity (Wildman–Crippen MR) is 125 cm³/mol. The summed E-state index contributed by atoms with van der Waals surface area (Å²) in [4.78, 5) is 11.5. The summed E-state index contributed by atoms with van der Waals surface area (Å²) in [5, 5.41) is 0. The Labute approximate surface area is 194 Å². The second kappa shape index (κ2) is 9.72. The van der Waals surface area contributed by atoms with E-state index in [2.05, 4.69) is 30.1 Å². The van der Waals surface area contributed by atoms with E-state index < -0.39 is 26.0 Å². The molecule has 11 heteroatoms. The van der Waals surface area contributed by atoms with E-state index in [-0.39, 0.29) is 16.3 Å². The molecule has 8 nitrogen and oxygen atoms in total. The molecule has 0 atom stereocenters. The lowest BCUT2D eigenvalue weighted by Crippen LogP contribution is -2.16. The van der Waals surface area contributed by atoms with Gasteiger partial charge >= 0.3 is 5.97 Å². The summed E-state index contributed by atoms with van der Waals surface area (Å²) in [7, 11) is -6.33. The van der Waals surface area contributed by atoms with E-state index in [1.165, 1.54) is 55.6 Å². The number of rotatable bonds is 8. The maximum atomic E-state index is 12.5. The van der Waals surface area contributed by atoms with Crippen LogP contribution in [0, 0.1) is 0 Å². The minimum absolute atomic E-state index is 0.0123. The van der Waals surface area contributed by atoms with Crippen LogP contribution in [0.25, 0.3) is 0 Å². The summed E-state index contributed by atoms with van der Waals surface area (Å²) < 4.78 is 60.3. The van der Waals surface area contributed by atoms with Crippen molar-refractivity contribution in [3.05, 3.63) is 88.4 Å². The number of ether oxygens (including phenoxy) is 1. The van der Waals surface area contributed by atoms with Crippen molar-refractivity contribution in [3.63, 3.8) is 0 Å².